The summed E-state index contributed by atoms with van der Waals surface area (Å²) in [5.74, 6) is 3.06. The number of hydrogen-bond acceptors (Lipinski definition) is 5. The highest BCUT2D eigenvalue weighted by Crippen LogP contribution is 2.18. The summed E-state index contributed by atoms with van der Waals surface area (Å²) < 4.78 is 5.20. The summed E-state index contributed by atoms with van der Waals surface area (Å²) in [6.07, 6.45) is 2.54. The lowest BCUT2D eigenvalue weighted by Gasteiger charge is -2.23. The smallest absolute Gasteiger partial charge is 0.219 e. The minimum atomic E-state index is 0.525. The van der Waals surface area contributed by atoms with Crippen LogP contribution in [0.5, 0.6) is 5.88 Å². The highest BCUT2D eigenvalue weighted by molar-refractivity contribution is 7.99. The van der Waals surface area contributed by atoms with E-state index in [-0.39, 0.29) is 0 Å². The van der Waals surface area contributed by atoms with Crippen LogP contribution in [0.1, 0.15) is 11.3 Å². The van der Waals surface area contributed by atoms with E-state index in [1.165, 1.54) is 5.75 Å². The first-order valence-corrected chi connectivity index (χ1v) is 6.62. The van der Waals surface area contributed by atoms with Crippen molar-refractivity contribution in [3.05, 3.63) is 17.6 Å². The van der Waals surface area contributed by atoms with E-state index in [0.717, 1.165) is 30.0 Å². The quantitative estimate of drug-likeness (QED) is 0.854. The fraction of sp³-hybridized carbons (Fsp3) is 0.636. The van der Waals surface area contributed by atoms with E-state index in [0.29, 0.717) is 11.9 Å². The molecule has 0 saturated carbocycles. The van der Waals surface area contributed by atoms with Crippen molar-refractivity contribution in [1.82, 2.24) is 15.3 Å². The van der Waals surface area contributed by atoms with Crippen LogP contribution in [0.2, 0.25) is 0 Å². The van der Waals surface area contributed by atoms with Crippen molar-refractivity contribution >= 4 is 11.8 Å². The third kappa shape index (κ3) is 2.65. The number of ether oxygens (including phenoxy) is 1. The monoisotopic (exact) mass is 239 g/mol. The predicted octanol–water partition coefficient (Wildman–Crippen LogP) is 1.04. The van der Waals surface area contributed by atoms with E-state index in [9.17, 15) is 0 Å². The van der Waals surface area contributed by atoms with Gasteiger partial charge < -0.3 is 10.1 Å². The predicted molar refractivity (Wildman–Crippen MR) is 66.1 cm³/mol. The lowest BCUT2D eigenvalue weighted by atomic mass is 10.1. The van der Waals surface area contributed by atoms with Crippen LogP contribution in [-0.2, 0) is 6.42 Å². The normalized spacial score (nSPS) is 20.8. The van der Waals surface area contributed by atoms with Gasteiger partial charge >= 0.3 is 0 Å². The third-order valence-electron chi connectivity index (χ3n) is 2.77. The van der Waals surface area contributed by atoms with Gasteiger partial charge in [0.1, 0.15) is 6.33 Å². The van der Waals surface area contributed by atoms with Crippen LogP contribution in [0.15, 0.2) is 6.33 Å². The van der Waals surface area contributed by atoms with Crippen molar-refractivity contribution in [2.24, 2.45) is 0 Å². The number of nitrogens with one attached hydrogen (secondary N) is 1. The SMILES string of the molecule is COc1ncnc(CC2CSCCN2)c1C. The maximum absolute atomic E-state index is 5.20. The summed E-state index contributed by atoms with van der Waals surface area (Å²) in [7, 11) is 1.65. The number of thioether (sulfide) groups is 1. The molecule has 4 nitrogen and oxygen atoms in total. The maximum atomic E-state index is 5.20. The first-order chi connectivity index (χ1) is 7.81. The summed E-state index contributed by atoms with van der Waals surface area (Å²) >= 11 is 2.00. The average molecular weight is 239 g/mol. The molecular weight excluding hydrogens is 222 g/mol. The largest absolute Gasteiger partial charge is 0.481 e. The second-order valence-corrected chi connectivity index (χ2v) is 5.03. The highest BCUT2D eigenvalue weighted by atomic mass is 32.2. The van der Waals surface area contributed by atoms with Crippen molar-refractivity contribution in [3.63, 3.8) is 0 Å². The Labute approximate surface area is 100 Å². The molecule has 0 spiro atoms. The highest BCUT2D eigenvalue weighted by Gasteiger charge is 2.16. The zero-order valence-electron chi connectivity index (χ0n) is 9.69. The summed E-state index contributed by atoms with van der Waals surface area (Å²) in [4.78, 5) is 8.43. The molecule has 0 bridgehead atoms. The molecule has 2 heterocycles. The van der Waals surface area contributed by atoms with Crippen LogP contribution >= 0.6 is 11.8 Å². The van der Waals surface area contributed by atoms with E-state index in [4.69, 9.17) is 4.74 Å². The molecule has 0 aromatic carbocycles. The summed E-state index contributed by atoms with van der Waals surface area (Å²) in [6.45, 7) is 3.11. The molecular formula is C11H17N3OS. The van der Waals surface area contributed by atoms with Gasteiger partial charge in [0.25, 0.3) is 0 Å². The number of aromatic nitrogens is 2. The molecule has 5 heteroatoms. The van der Waals surface area contributed by atoms with Gasteiger partial charge in [-0.1, -0.05) is 0 Å². The van der Waals surface area contributed by atoms with E-state index >= 15 is 0 Å². The fourth-order valence-electron chi connectivity index (χ4n) is 1.86. The molecule has 0 radical (unpaired) electrons. The molecule has 1 N–H and O–H groups in total. The molecule has 1 aromatic heterocycles. The number of nitrogens with zero attached hydrogens (tertiary/aromatic N) is 2. The van der Waals surface area contributed by atoms with Gasteiger partial charge in [0.15, 0.2) is 0 Å². The number of methoxy groups -OCH3 is 1. The third-order valence-corrected chi connectivity index (χ3v) is 3.90. The van der Waals surface area contributed by atoms with Gasteiger partial charge in [-0.2, -0.15) is 11.8 Å². The van der Waals surface area contributed by atoms with Crippen molar-refractivity contribution in [2.75, 3.05) is 25.2 Å². The Kier molecular flexibility index (Phi) is 4.01. The van der Waals surface area contributed by atoms with Crippen LogP contribution in [-0.4, -0.2) is 41.2 Å². The molecule has 88 valence electrons. The summed E-state index contributed by atoms with van der Waals surface area (Å²) in [6, 6.07) is 0.525. The Morgan fingerprint density at radius 2 is 2.44 bits per heavy atom. The topological polar surface area (TPSA) is 47.0 Å². The zero-order chi connectivity index (χ0) is 11.4. The lowest BCUT2D eigenvalue weighted by molar-refractivity contribution is 0.391. The van der Waals surface area contributed by atoms with Crippen molar-refractivity contribution < 1.29 is 4.74 Å². The Morgan fingerprint density at radius 3 is 3.12 bits per heavy atom. The Balaban J connectivity index is 2.08. The van der Waals surface area contributed by atoms with Crippen LogP contribution in [0, 0.1) is 6.92 Å². The first kappa shape index (κ1) is 11.7. The van der Waals surface area contributed by atoms with E-state index < -0.39 is 0 Å². The van der Waals surface area contributed by atoms with Gasteiger partial charge in [-0.25, -0.2) is 9.97 Å². The fourth-order valence-corrected chi connectivity index (χ4v) is 2.81. The maximum Gasteiger partial charge on any atom is 0.219 e. The van der Waals surface area contributed by atoms with Gasteiger partial charge in [-0.3, -0.25) is 0 Å². The average Bonchev–Trinajstić information content (AvgIpc) is 2.33. The van der Waals surface area contributed by atoms with E-state index in [2.05, 4.69) is 15.3 Å². The van der Waals surface area contributed by atoms with Crippen LogP contribution in [0.25, 0.3) is 0 Å². The van der Waals surface area contributed by atoms with Gasteiger partial charge in [-0.05, 0) is 6.92 Å². The second-order valence-electron chi connectivity index (χ2n) is 3.88. The van der Waals surface area contributed by atoms with Gasteiger partial charge in [-0.15, -0.1) is 0 Å². The first-order valence-electron chi connectivity index (χ1n) is 5.47. The molecule has 1 saturated heterocycles. The Bertz CT molecular complexity index is 353. The summed E-state index contributed by atoms with van der Waals surface area (Å²) in [5, 5.41) is 3.51. The number of rotatable bonds is 3. The molecule has 1 aliphatic rings. The minimum Gasteiger partial charge on any atom is -0.481 e. The molecule has 1 aromatic rings. The van der Waals surface area contributed by atoms with E-state index in [1.807, 2.05) is 18.7 Å². The van der Waals surface area contributed by atoms with Crippen LogP contribution in [0.4, 0.5) is 0 Å². The Morgan fingerprint density at radius 1 is 1.56 bits per heavy atom. The molecule has 0 aliphatic carbocycles. The van der Waals surface area contributed by atoms with Crippen molar-refractivity contribution in [2.45, 2.75) is 19.4 Å². The van der Waals surface area contributed by atoms with E-state index in [1.54, 1.807) is 13.4 Å². The zero-order valence-corrected chi connectivity index (χ0v) is 10.5. The molecule has 1 atom stereocenters. The number of hydrogen-bond donors (Lipinski definition) is 1. The minimum absolute atomic E-state index is 0.525. The Hall–Kier alpha value is -0.810. The summed E-state index contributed by atoms with van der Waals surface area (Å²) in [5.41, 5.74) is 2.15. The van der Waals surface area contributed by atoms with Crippen LogP contribution < -0.4 is 10.1 Å². The standard InChI is InChI=1S/C11H17N3OS/c1-8-10(13-7-14-11(8)15-2)5-9-6-16-4-3-12-9/h7,9,12H,3-6H2,1-2H3. The molecule has 1 unspecified atom stereocenters. The molecule has 1 aliphatic heterocycles. The van der Waals surface area contributed by atoms with Crippen molar-refractivity contribution in [3.8, 4) is 5.88 Å². The van der Waals surface area contributed by atoms with Gasteiger partial charge in [0.2, 0.25) is 5.88 Å². The van der Waals surface area contributed by atoms with Crippen molar-refractivity contribution in [1.29, 1.82) is 0 Å². The van der Waals surface area contributed by atoms with Gasteiger partial charge in [0.05, 0.1) is 12.8 Å². The molecule has 1 fully saturated rings. The molecule has 2 rings (SSSR count). The van der Waals surface area contributed by atoms with Crippen LogP contribution in [0.3, 0.4) is 0 Å². The molecule has 16 heavy (non-hydrogen) atoms. The van der Waals surface area contributed by atoms with Gasteiger partial charge in [0, 0.05) is 36.1 Å². The molecule has 0 amide bonds. The lowest BCUT2D eigenvalue weighted by Crippen LogP contribution is -2.39. The second kappa shape index (κ2) is 5.50.